The summed E-state index contributed by atoms with van der Waals surface area (Å²) in [4.78, 5) is 26.8. The summed E-state index contributed by atoms with van der Waals surface area (Å²) in [6.07, 6.45) is 2.94. The molecular formula is C15H15N5O2. The van der Waals surface area contributed by atoms with Crippen molar-refractivity contribution < 1.29 is 4.79 Å². The number of carbonyl (C=O) groups excluding carboxylic acids is 1. The van der Waals surface area contributed by atoms with E-state index in [1.807, 2.05) is 30.3 Å². The topological polar surface area (TPSA) is 95.6 Å². The number of imidazole rings is 1. The Morgan fingerprint density at radius 3 is 2.77 bits per heavy atom. The van der Waals surface area contributed by atoms with Crippen molar-refractivity contribution in [2.45, 2.75) is 13.5 Å². The number of H-pyrrole nitrogens is 2. The summed E-state index contributed by atoms with van der Waals surface area (Å²) in [6.45, 7) is 2.13. The second-order valence-electron chi connectivity index (χ2n) is 4.91. The predicted octanol–water partition coefficient (Wildman–Crippen LogP) is 1.51. The van der Waals surface area contributed by atoms with E-state index in [-0.39, 0.29) is 17.3 Å². The molecule has 0 bridgehead atoms. The molecule has 2 heterocycles. The van der Waals surface area contributed by atoms with Crippen molar-refractivity contribution in [3.8, 4) is 0 Å². The van der Waals surface area contributed by atoms with Gasteiger partial charge in [-0.1, -0.05) is 30.3 Å². The first-order chi connectivity index (χ1) is 10.6. The van der Waals surface area contributed by atoms with E-state index in [2.05, 4.69) is 20.5 Å². The third-order valence-electron chi connectivity index (χ3n) is 3.36. The lowest BCUT2D eigenvalue weighted by atomic mass is 10.2. The van der Waals surface area contributed by atoms with E-state index in [0.29, 0.717) is 12.2 Å². The minimum atomic E-state index is -0.362. The maximum atomic E-state index is 12.4. The molecule has 0 aliphatic rings. The average molecular weight is 297 g/mol. The number of carbonyl (C=O) groups is 1. The quantitative estimate of drug-likeness (QED) is 0.681. The fraction of sp³-hybridized carbons (Fsp3) is 0.133. The van der Waals surface area contributed by atoms with E-state index in [0.717, 1.165) is 11.3 Å². The van der Waals surface area contributed by atoms with Crippen LogP contribution in [0, 0.1) is 6.92 Å². The van der Waals surface area contributed by atoms with Crippen molar-refractivity contribution in [2.75, 3.05) is 5.32 Å². The van der Waals surface area contributed by atoms with E-state index in [4.69, 9.17) is 0 Å². The molecule has 3 aromatic rings. The van der Waals surface area contributed by atoms with Crippen molar-refractivity contribution in [1.29, 1.82) is 0 Å². The maximum Gasteiger partial charge on any atom is 0.326 e. The van der Waals surface area contributed by atoms with Crippen LogP contribution in [0.5, 0.6) is 0 Å². The van der Waals surface area contributed by atoms with E-state index in [1.165, 1.54) is 17.0 Å². The Kier molecular flexibility index (Phi) is 3.61. The number of aromatic amines is 2. The van der Waals surface area contributed by atoms with Crippen molar-refractivity contribution in [2.24, 2.45) is 0 Å². The summed E-state index contributed by atoms with van der Waals surface area (Å²) in [5, 5.41) is 9.33. The summed E-state index contributed by atoms with van der Waals surface area (Å²) in [6, 6.07) is 9.49. The molecule has 0 unspecified atom stereocenters. The summed E-state index contributed by atoms with van der Waals surface area (Å²) in [5.74, 6) is -0.362. The molecular weight excluding hydrogens is 282 g/mol. The van der Waals surface area contributed by atoms with Crippen molar-refractivity contribution in [3.63, 3.8) is 0 Å². The van der Waals surface area contributed by atoms with E-state index < -0.39 is 0 Å². The van der Waals surface area contributed by atoms with Gasteiger partial charge in [0.1, 0.15) is 5.69 Å². The van der Waals surface area contributed by atoms with Gasteiger partial charge < -0.3 is 10.3 Å². The minimum absolute atomic E-state index is 0.273. The van der Waals surface area contributed by atoms with Crippen LogP contribution in [0.2, 0.25) is 0 Å². The number of nitrogens with zero attached hydrogens (tertiary/aromatic N) is 2. The normalized spacial score (nSPS) is 10.6. The highest BCUT2D eigenvalue weighted by atomic mass is 16.2. The van der Waals surface area contributed by atoms with E-state index in [9.17, 15) is 9.59 Å². The van der Waals surface area contributed by atoms with Crippen LogP contribution in [0.4, 0.5) is 5.69 Å². The third kappa shape index (κ3) is 2.69. The molecule has 0 saturated carbocycles. The summed E-state index contributed by atoms with van der Waals surface area (Å²) in [5.41, 5.74) is 2.23. The van der Waals surface area contributed by atoms with Gasteiger partial charge in [0.05, 0.1) is 24.1 Å². The fourth-order valence-corrected chi connectivity index (χ4v) is 2.17. The number of benzene rings is 1. The number of nitrogens with one attached hydrogen (secondary N) is 3. The second kappa shape index (κ2) is 5.72. The van der Waals surface area contributed by atoms with Crippen LogP contribution in [0.25, 0.3) is 0 Å². The largest absolute Gasteiger partial charge is 0.326 e. The van der Waals surface area contributed by atoms with Crippen molar-refractivity contribution in [3.05, 3.63) is 70.2 Å². The van der Waals surface area contributed by atoms with Gasteiger partial charge in [-0.25, -0.2) is 4.79 Å². The van der Waals surface area contributed by atoms with Gasteiger partial charge in [0.2, 0.25) is 0 Å². The Balaban J connectivity index is 1.87. The van der Waals surface area contributed by atoms with Crippen LogP contribution in [0.15, 0.2) is 47.5 Å². The Morgan fingerprint density at radius 2 is 2.09 bits per heavy atom. The molecule has 22 heavy (non-hydrogen) atoms. The molecule has 0 aliphatic carbocycles. The summed E-state index contributed by atoms with van der Waals surface area (Å²) in [7, 11) is 0. The number of amides is 1. The van der Waals surface area contributed by atoms with Crippen LogP contribution < -0.4 is 11.0 Å². The van der Waals surface area contributed by atoms with Crippen LogP contribution in [0.3, 0.4) is 0 Å². The molecule has 3 N–H and O–H groups in total. The molecule has 0 saturated heterocycles. The van der Waals surface area contributed by atoms with E-state index in [1.54, 1.807) is 6.92 Å². The van der Waals surface area contributed by atoms with Gasteiger partial charge in [0, 0.05) is 6.20 Å². The predicted molar refractivity (Wildman–Crippen MR) is 81.9 cm³/mol. The number of aromatic nitrogens is 4. The van der Waals surface area contributed by atoms with Gasteiger partial charge in [-0.15, -0.1) is 0 Å². The molecule has 3 rings (SSSR count). The summed E-state index contributed by atoms with van der Waals surface area (Å²) < 4.78 is 1.40. The van der Waals surface area contributed by atoms with Gasteiger partial charge in [0.15, 0.2) is 0 Å². The molecule has 1 amide bonds. The first kappa shape index (κ1) is 13.9. The molecule has 1 aromatic carbocycles. The smallest absolute Gasteiger partial charge is 0.318 e. The van der Waals surface area contributed by atoms with Crippen LogP contribution in [-0.4, -0.2) is 25.7 Å². The first-order valence-corrected chi connectivity index (χ1v) is 6.78. The molecule has 0 spiro atoms. The lowest BCUT2D eigenvalue weighted by molar-refractivity contribution is 0.101. The molecule has 0 radical (unpaired) electrons. The Bertz CT molecular complexity index is 844. The van der Waals surface area contributed by atoms with Gasteiger partial charge in [-0.3, -0.25) is 14.5 Å². The molecule has 0 aliphatic heterocycles. The maximum absolute atomic E-state index is 12.4. The van der Waals surface area contributed by atoms with Crippen molar-refractivity contribution in [1.82, 2.24) is 19.7 Å². The SMILES string of the molecule is Cc1[nH]ncc1NC(=O)c1c[nH]c(=O)n1Cc1ccccc1. The zero-order valence-corrected chi connectivity index (χ0v) is 12.0. The van der Waals surface area contributed by atoms with E-state index >= 15 is 0 Å². The molecule has 7 nitrogen and oxygen atoms in total. The van der Waals surface area contributed by atoms with Crippen molar-refractivity contribution >= 4 is 11.6 Å². The number of hydrogen-bond acceptors (Lipinski definition) is 3. The van der Waals surface area contributed by atoms with Gasteiger partial charge >= 0.3 is 5.69 Å². The molecule has 0 fully saturated rings. The second-order valence-corrected chi connectivity index (χ2v) is 4.91. The number of anilines is 1. The lowest BCUT2D eigenvalue weighted by Gasteiger charge is -2.08. The van der Waals surface area contributed by atoms with Gasteiger partial charge in [-0.2, -0.15) is 5.10 Å². The van der Waals surface area contributed by atoms with Gasteiger partial charge in [0.25, 0.3) is 5.91 Å². The Labute approximate surface area is 126 Å². The first-order valence-electron chi connectivity index (χ1n) is 6.78. The minimum Gasteiger partial charge on any atom is -0.318 e. The lowest BCUT2D eigenvalue weighted by Crippen LogP contribution is -2.24. The highest BCUT2D eigenvalue weighted by molar-refractivity contribution is 6.03. The number of aryl methyl sites for hydroxylation is 1. The average Bonchev–Trinajstić information content (AvgIpc) is 3.08. The number of hydrogen-bond donors (Lipinski definition) is 3. The zero-order valence-electron chi connectivity index (χ0n) is 12.0. The van der Waals surface area contributed by atoms with Crippen LogP contribution in [0.1, 0.15) is 21.7 Å². The van der Waals surface area contributed by atoms with Crippen LogP contribution >= 0.6 is 0 Å². The Hall–Kier alpha value is -3.09. The number of rotatable bonds is 4. The van der Waals surface area contributed by atoms with Crippen LogP contribution in [-0.2, 0) is 6.54 Å². The zero-order chi connectivity index (χ0) is 15.5. The third-order valence-corrected chi connectivity index (χ3v) is 3.36. The summed E-state index contributed by atoms with van der Waals surface area (Å²) >= 11 is 0. The molecule has 112 valence electrons. The highest BCUT2D eigenvalue weighted by Crippen LogP contribution is 2.11. The standard InChI is InChI=1S/C15H15N5O2/c1-10-12(7-17-19-10)18-14(21)13-8-16-15(22)20(13)9-11-5-3-2-4-6-11/h2-8H,9H2,1H3,(H,16,22)(H,17,19)(H,18,21). The monoisotopic (exact) mass is 297 g/mol. The molecule has 2 aromatic heterocycles. The van der Waals surface area contributed by atoms with Gasteiger partial charge in [-0.05, 0) is 12.5 Å². The Morgan fingerprint density at radius 1 is 1.32 bits per heavy atom. The molecule has 7 heteroatoms. The highest BCUT2D eigenvalue weighted by Gasteiger charge is 2.16. The molecule has 0 atom stereocenters. The fourth-order valence-electron chi connectivity index (χ4n) is 2.17.